The number of rotatable bonds is 4. The molecule has 102 valence electrons. The molecule has 1 aromatic heterocycles. The van der Waals surface area contributed by atoms with Gasteiger partial charge in [0.05, 0.1) is 21.9 Å². The zero-order valence-corrected chi connectivity index (χ0v) is 12.3. The van der Waals surface area contributed by atoms with Crippen molar-refractivity contribution in [3.63, 3.8) is 0 Å². The van der Waals surface area contributed by atoms with Crippen LogP contribution in [0.4, 0.5) is 0 Å². The van der Waals surface area contributed by atoms with Crippen LogP contribution in [0.15, 0.2) is 24.3 Å². The fourth-order valence-corrected chi connectivity index (χ4v) is 3.50. The third-order valence-electron chi connectivity index (χ3n) is 3.76. The molecule has 1 N–H and O–H groups in total. The van der Waals surface area contributed by atoms with Gasteiger partial charge in [-0.2, -0.15) is 0 Å². The molecule has 3 nitrogen and oxygen atoms in total. The molecule has 2 heterocycles. The van der Waals surface area contributed by atoms with Crippen LogP contribution in [0.2, 0.25) is 0 Å². The van der Waals surface area contributed by atoms with Crippen LogP contribution in [0.3, 0.4) is 0 Å². The maximum absolute atomic E-state index is 5.81. The normalized spacial score (nSPS) is 24.9. The Hall–Kier alpha value is -0.970. The number of hydrogen-bond acceptors (Lipinski definition) is 4. The molecule has 3 rings (SSSR count). The summed E-state index contributed by atoms with van der Waals surface area (Å²) in [6, 6.07) is 8.58. The molecule has 19 heavy (non-hydrogen) atoms. The lowest BCUT2D eigenvalue weighted by Crippen LogP contribution is -2.38. The van der Waals surface area contributed by atoms with Crippen LogP contribution in [0.25, 0.3) is 10.2 Å². The van der Waals surface area contributed by atoms with Crippen molar-refractivity contribution < 1.29 is 4.74 Å². The molecule has 0 amide bonds. The molecule has 0 saturated carbocycles. The van der Waals surface area contributed by atoms with Gasteiger partial charge >= 0.3 is 0 Å². The van der Waals surface area contributed by atoms with Crippen LogP contribution >= 0.6 is 11.3 Å². The first-order chi connectivity index (χ1) is 9.16. The summed E-state index contributed by atoms with van der Waals surface area (Å²) in [5, 5.41) is 4.72. The first-order valence-electron chi connectivity index (χ1n) is 6.89. The minimum Gasteiger partial charge on any atom is -0.374 e. The van der Waals surface area contributed by atoms with Gasteiger partial charge in [0.25, 0.3) is 0 Å². The lowest BCUT2D eigenvalue weighted by molar-refractivity contribution is 0.0191. The molecule has 1 aliphatic rings. The molecule has 0 bridgehead atoms. The Morgan fingerprint density at radius 1 is 1.47 bits per heavy atom. The molecular formula is C15H20N2OS. The fraction of sp³-hybridized carbons (Fsp3) is 0.533. The smallest absolute Gasteiger partial charge is 0.111 e. The molecule has 0 radical (unpaired) electrons. The maximum atomic E-state index is 5.81. The largest absolute Gasteiger partial charge is 0.374 e. The Kier molecular flexibility index (Phi) is 3.56. The van der Waals surface area contributed by atoms with Crippen molar-refractivity contribution in [2.45, 2.75) is 38.3 Å². The summed E-state index contributed by atoms with van der Waals surface area (Å²) < 4.78 is 7.06. The second-order valence-corrected chi connectivity index (χ2v) is 6.59. The van der Waals surface area contributed by atoms with Gasteiger partial charge in [0, 0.05) is 13.2 Å². The Morgan fingerprint density at radius 2 is 2.32 bits per heavy atom. The average molecular weight is 276 g/mol. The Morgan fingerprint density at radius 3 is 3.05 bits per heavy atom. The van der Waals surface area contributed by atoms with E-state index in [-0.39, 0.29) is 11.6 Å². The van der Waals surface area contributed by atoms with Gasteiger partial charge in [0.2, 0.25) is 0 Å². The third kappa shape index (κ3) is 2.81. The van der Waals surface area contributed by atoms with Crippen LogP contribution in [0.1, 0.15) is 37.7 Å². The number of thiazole rings is 1. The van der Waals surface area contributed by atoms with E-state index in [1.54, 1.807) is 11.3 Å². The predicted molar refractivity (Wildman–Crippen MR) is 79.6 cm³/mol. The minimum absolute atomic E-state index is 0.00490. The Labute approximate surface area is 118 Å². The molecule has 2 unspecified atom stereocenters. The number of hydrogen-bond donors (Lipinski definition) is 1. The summed E-state index contributed by atoms with van der Waals surface area (Å²) >= 11 is 1.77. The topological polar surface area (TPSA) is 34.1 Å². The number of benzene rings is 1. The molecule has 1 aliphatic heterocycles. The van der Waals surface area contributed by atoms with Crippen molar-refractivity contribution in [1.29, 1.82) is 0 Å². The Bertz CT molecular complexity index is 527. The highest BCUT2D eigenvalue weighted by Gasteiger charge is 2.30. The molecule has 0 aliphatic carbocycles. The lowest BCUT2D eigenvalue weighted by atomic mass is 10.0. The number of nitrogens with zero attached hydrogens (tertiary/aromatic N) is 1. The van der Waals surface area contributed by atoms with Crippen molar-refractivity contribution in [2.75, 3.05) is 13.2 Å². The van der Waals surface area contributed by atoms with Gasteiger partial charge in [-0.25, -0.2) is 4.98 Å². The third-order valence-corrected chi connectivity index (χ3v) is 4.98. The van der Waals surface area contributed by atoms with Crippen molar-refractivity contribution in [3.05, 3.63) is 29.3 Å². The van der Waals surface area contributed by atoms with Gasteiger partial charge in [0.1, 0.15) is 5.01 Å². The molecular weight excluding hydrogens is 256 g/mol. The number of ether oxygens (including phenoxy) is 1. The van der Waals surface area contributed by atoms with E-state index in [1.807, 2.05) is 6.07 Å². The van der Waals surface area contributed by atoms with Gasteiger partial charge in [-0.3, -0.25) is 0 Å². The number of aromatic nitrogens is 1. The van der Waals surface area contributed by atoms with E-state index in [2.05, 4.69) is 37.4 Å². The molecule has 2 aromatic rings. The van der Waals surface area contributed by atoms with Crippen molar-refractivity contribution in [1.82, 2.24) is 10.3 Å². The van der Waals surface area contributed by atoms with E-state index in [4.69, 9.17) is 9.72 Å². The van der Waals surface area contributed by atoms with Gasteiger partial charge in [0.15, 0.2) is 0 Å². The summed E-state index contributed by atoms with van der Waals surface area (Å²) in [4.78, 5) is 4.70. The molecule has 4 heteroatoms. The second kappa shape index (κ2) is 5.19. The summed E-state index contributed by atoms with van der Waals surface area (Å²) in [6.07, 6.45) is 2.32. The molecule has 1 saturated heterocycles. The molecule has 0 spiro atoms. The number of nitrogens with one attached hydrogen (secondary N) is 1. The number of para-hydroxylation sites is 1. The zero-order chi connectivity index (χ0) is 13.3. The summed E-state index contributed by atoms with van der Waals surface area (Å²) in [5.74, 6) is 0. The second-order valence-electron chi connectivity index (χ2n) is 5.52. The van der Waals surface area contributed by atoms with E-state index in [0.29, 0.717) is 0 Å². The predicted octanol–water partition coefficient (Wildman–Crippen LogP) is 3.52. The quantitative estimate of drug-likeness (QED) is 0.928. The minimum atomic E-state index is 0.00490. The van der Waals surface area contributed by atoms with Gasteiger partial charge in [-0.05, 0) is 38.8 Å². The molecule has 2 atom stereocenters. The molecule has 1 fully saturated rings. The van der Waals surface area contributed by atoms with Crippen molar-refractivity contribution in [2.24, 2.45) is 0 Å². The monoisotopic (exact) mass is 276 g/mol. The summed E-state index contributed by atoms with van der Waals surface area (Å²) in [6.45, 7) is 6.16. The van der Waals surface area contributed by atoms with Crippen LogP contribution in [-0.2, 0) is 4.74 Å². The lowest BCUT2D eigenvalue weighted by Gasteiger charge is -2.25. The van der Waals surface area contributed by atoms with E-state index < -0.39 is 0 Å². The van der Waals surface area contributed by atoms with Crippen LogP contribution in [0.5, 0.6) is 0 Å². The van der Waals surface area contributed by atoms with Crippen LogP contribution in [-0.4, -0.2) is 23.7 Å². The van der Waals surface area contributed by atoms with Crippen LogP contribution < -0.4 is 5.32 Å². The standard InChI is InChI=1S/C15H20N2OS/c1-11(16-10-15(2)8-5-9-18-15)14-17-12-6-3-4-7-13(12)19-14/h3-4,6-7,11,16H,5,8-10H2,1-2H3. The van der Waals surface area contributed by atoms with E-state index in [1.165, 1.54) is 11.1 Å². The SMILES string of the molecule is CC(NCC1(C)CCCO1)c1nc2ccccc2s1. The van der Waals surface area contributed by atoms with Crippen molar-refractivity contribution >= 4 is 21.6 Å². The highest BCUT2D eigenvalue weighted by Crippen LogP contribution is 2.28. The average Bonchev–Trinajstić information content (AvgIpc) is 3.02. The van der Waals surface area contributed by atoms with Gasteiger partial charge in [-0.15, -0.1) is 11.3 Å². The van der Waals surface area contributed by atoms with E-state index >= 15 is 0 Å². The van der Waals surface area contributed by atoms with E-state index in [0.717, 1.165) is 30.1 Å². The molecule has 1 aromatic carbocycles. The van der Waals surface area contributed by atoms with E-state index in [9.17, 15) is 0 Å². The fourth-order valence-electron chi connectivity index (χ4n) is 2.51. The van der Waals surface area contributed by atoms with Gasteiger partial charge in [-0.1, -0.05) is 12.1 Å². The van der Waals surface area contributed by atoms with Crippen LogP contribution in [0, 0.1) is 0 Å². The summed E-state index contributed by atoms with van der Waals surface area (Å²) in [7, 11) is 0. The zero-order valence-electron chi connectivity index (χ0n) is 11.5. The Balaban J connectivity index is 1.68. The maximum Gasteiger partial charge on any atom is 0.111 e. The number of fused-ring (bicyclic) bond motifs is 1. The van der Waals surface area contributed by atoms with Gasteiger partial charge < -0.3 is 10.1 Å². The van der Waals surface area contributed by atoms with Crippen molar-refractivity contribution in [3.8, 4) is 0 Å². The first-order valence-corrected chi connectivity index (χ1v) is 7.71. The summed E-state index contributed by atoms with van der Waals surface area (Å²) in [5.41, 5.74) is 1.10. The highest BCUT2D eigenvalue weighted by atomic mass is 32.1. The first kappa shape index (κ1) is 13.0. The highest BCUT2D eigenvalue weighted by molar-refractivity contribution is 7.18.